The van der Waals surface area contributed by atoms with Gasteiger partial charge in [-0.15, -0.1) is 0 Å². The zero-order valence-electron chi connectivity index (χ0n) is 9.74. The fraction of sp³-hybridized carbons (Fsp3) is 0.0833. The summed E-state index contributed by atoms with van der Waals surface area (Å²) < 4.78 is 1.63. The van der Waals surface area contributed by atoms with Crippen molar-refractivity contribution in [2.75, 3.05) is 0 Å². The summed E-state index contributed by atoms with van der Waals surface area (Å²) in [7, 11) is 1.79. The van der Waals surface area contributed by atoms with Crippen LogP contribution in [0.15, 0.2) is 41.6 Å². The quantitative estimate of drug-likeness (QED) is 0.621. The van der Waals surface area contributed by atoms with Crippen LogP contribution in [0, 0.1) is 0 Å². The number of nitrogens with one attached hydrogen (secondary N) is 1. The van der Waals surface area contributed by atoms with Crippen LogP contribution in [-0.4, -0.2) is 27.0 Å². The van der Waals surface area contributed by atoms with E-state index in [1.54, 1.807) is 36.1 Å². The molecule has 2 N–H and O–H groups in total. The number of rotatable bonds is 3. The lowest BCUT2D eigenvalue weighted by molar-refractivity contribution is 0.0952. The average molecular weight is 244 g/mol. The monoisotopic (exact) mass is 244 g/mol. The lowest BCUT2D eigenvalue weighted by atomic mass is 10.2. The molecule has 0 bridgehead atoms. The predicted molar refractivity (Wildman–Crippen MR) is 66.4 cm³/mol. The Kier molecular flexibility index (Phi) is 3.38. The summed E-state index contributed by atoms with van der Waals surface area (Å²) in [4.78, 5) is 11.7. The molecule has 6 nitrogen and oxygen atoms in total. The first-order valence-electron chi connectivity index (χ1n) is 5.28. The third kappa shape index (κ3) is 2.73. The normalized spacial score (nSPS) is 10.7. The van der Waals surface area contributed by atoms with Crippen LogP contribution < -0.4 is 5.43 Å². The molecule has 1 aromatic carbocycles. The summed E-state index contributed by atoms with van der Waals surface area (Å²) in [6, 6.07) is 8.02. The number of aromatic hydroxyl groups is 1. The lowest BCUT2D eigenvalue weighted by Crippen LogP contribution is -2.17. The smallest absolute Gasteiger partial charge is 0.275 e. The Hall–Kier alpha value is -2.63. The van der Waals surface area contributed by atoms with Crippen molar-refractivity contribution < 1.29 is 9.90 Å². The number of carbonyl (C=O) groups excluding carboxylic acids is 1. The lowest BCUT2D eigenvalue weighted by Gasteiger charge is -2.01. The summed E-state index contributed by atoms with van der Waals surface area (Å²) in [5, 5.41) is 17.3. The van der Waals surface area contributed by atoms with E-state index in [2.05, 4.69) is 15.6 Å². The first-order valence-corrected chi connectivity index (χ1v) is 5.28. The third-order valence-electron chi connectivity index (χ3n) is 2.25. The second-order valence-electron chi connectivity index (χ2n) is 3.63. The van der Waals surface area contributed by atoms with Crippen LogP contribution >= 0.6 is 0 Å². The molecule has 0 aliphatic heterocycles. The molecule has 0 aliphatic carbocycles. The number of nitrogens with zero attached hydrogens (tertiary/aromatic N) is 3. The van der Waals surface area contributed by atoms with Crippen LogP contribution in [0.1, 0.15) is 16.1 Å². The molecular formula is C12H12N4O2. The van der Waals surface area contributed by atoms with Gasteiger partial charge in [-0.05, 0) is 18.2 Å². The average Bonchev–Trinajstić information content (AvgIpc) is 2.75. The number of hydrazone groups is 1. The largest absolute Gasteiger partial charge is 0.507 e. The molecule has 0 saturated carbocycles. The summed E-state index contributed by atoms with van der Waals surface area (Å²) in [5.41, 5.74) is 3.13. The van der Waals surface area contributed by atoms with Crippen LogP contribution in [0.2, 0.25) is 0 Å². The topological polar surface area (TPSA) is 79.5 Å². The van der Waals surface area contributed by atoms with E-state index in [1.165, 1.54) is 18.3 Å². The van der Waals surface area contributed by atoms with Crippen molar-refractivity contribution in [3.05, 3.63) is 47.8 Å². The molecular weight excluding hydrogens is 232 g/mol. The van der Waals surface area contributed by atoms with Gasteiger partial charge in [-0.2, -0.15) is 10.2 Å². The number of aryl methyl sites for hydroxylation is 1. The standard InChI is InChI=1S/C12H12N4O2/c1-16-7-6-9(15-16)8-13-14-12(18)10-4-2-3-5-11(10)17/h2-8,17H,1H3,(H,14,18)/b13-8+. The zero-order valence-corrected chi connectivity index (χ0v) is 9.74. The van der Waals surface area contributed by atoms with Crippen molar-refractivity contribution in [2.24, 2.45) is 12.1 Å². The highest BCUT2D eigenvalue weighted by atomic mass is 16.3. The SMILES string of the molecule is Cn1ccc(/C=N/NC(=O)c2ccccc2O)n1. The first kappa shape index (κ1) is 11.8. The molecule has 18 heavy (non-hydrogen) atoms. The molecule has 6 heteroatoms. The fourth-order valence-corrected chi connectivity index (χ4v) is 1.38. The van der Waals surface area contributed by atoms with Gasteiger partial charge >= 0.3 is 0 Å². The van der Waals surface area contributed by atoms with Gasteiger partial charge in [-0.25, -0.2) is 5.43 Å². The molecule has 2 aromatic rings. The second-order valence-corrected chi connectivity index (χ2v) is 3.63. The molecule has 1 amide bonds. The Morgan fingerprint density at radius 2 is 2.22 bits per heavy atom. The minimum absolute atomic E-state index is 0.0805. The molecule has 2 rings (SSSR count). The molecule has 0 atom stereocenters. The van der Waals surface area contributed by atoms with Crippen LogP contribution in [-0.2, 0) is 7.05 Å². The molecule has 0 radical (unpaired) electrons. The van der Waals surface area contributed by atoms with Gasteiger partial charge in [0, 0.05) is 13.2 Å². The minimum atomic E-state index is -0.472. The van der Waals surface area contributed by atoms with Gasteiger partial charge in [0.25, 0.3) is 5.91 Å². The van der Waals surface area contributed by atoms with E-state index >= 15 is 0 Å². The number of benzene rings is 1. The number of amides is 1. The van der Waals surface area contributed by atoms with Crippen molar-refractivity contribution in [2.45, 2.75) is 0 Å². The second kappa shape index (κ2) is 5.13. The predicted octanol–water partition coefficient (Wildman–Crippen LogP) is 0.890. The number of hydrogen-bond acceptors (Lipinski definition) is 4. The van der Waals surface area contributed by atoms with Crippen molar-refractivity contribution in [1.29, 1.82) is 0 Å². The molecule has 0 saturated heterocycles. The summed E-state index contributed by atoms with van der Waals surface area (Å²) in [6.07, 6.45) is 3.20. The van der Waals surface area contributed by atoms with E-state index in [4.69, 9.17) is 0 Å². The van der Waals surface area contributed by atoms with Gasteiger partial charge in [0.15, 0.2) is 0 Å². The number of hydrogen-bond donors (Lipinski definition) is 2. The Labute approximate surface area is 104 Å². The molecule has 0 unspecified atom stereocenters. The number of phenols is 1. The van der Waals surface area contributed by atoms with Gasteiger partial charge < -0.3 is 5.11 Å². The molecule has 1 aromatic heterocycles. The fourth-order valence-electron chi connectivity index (χ4n) is 1.38. The summed E-state index contributed by atoms with van der Waals surface area (Å²) >= 11 is 0. The number of carbonyl (C=O) groups is 1. The van der Waals surface area contributed by atoms with Crippen LogP contribution in [0.3, 0.4) is 0 Å². The maximum absolute atomic E-state index is 11.7. The van der Waals surface area contributed by atoms with E-state index in [-0.39, 0.29) is 11.3 Å². The Balaban J connectivity index is 2.01. The number of phenolic OH excluding ortho intramolecular Hbond substituents is 1. The van der Waals surface area contributed by atoms with Crippen molar-refractivity contribution >= 4 is 12.1 Å². The van der Waals surface area contributed by atoms with E-state index in [0.29, 0.717) is 5.69 Å². The van der Waals surface area contributed by atoms with Crippen molar-refractivity contribution in [3.63, 3.8) is 0 Å². The van der Waals surface area contributed by atoms with Crippen molar-refractivity contribution in [3.8, 4) is 5.75 Å². The maximum atomic E-state index is 11.7. The molecule has 92 valence electrons. The van der Waals surface area contributed by atoms with Gasteiger partial charge in [-0.3, -0.25) is 9.48 Å². The van der Waals surface area contributed by atoms with Crippen LogP contribution in [0.5, 0.6) is 5.75 Å². The molecule has 0 aliphatic rings. The van der Waals surface area contributed by atoms with E-state index in [9.17, 15) is 9.90 Å². The minimum Gasteiger partial charge on any atom is -0.507 e. The molecule has 0 spiro atoms. The van der Waals surface area contributed by atoms with Gasteiger partial charge in [0.05, 0.1) is 11.8 Å². The van der Waals surface area contributed by atoms with Crippen molar-refractivity contribution in [1.82, 2.24) is 15.2 Å². The number of aromatic nitrogens is 2. The summed E-state index contributed by atoms with van der Waals surface area (Å²) in [5.74, 6) is -0.552. The molecule has 1 heterocycles. The summed E-state index contributed by atoms with van der Waals surface area (Å²) in [6.45, 7) is 0. The first-order chi connectivity index (χ1) is 8.66. The van der Waals surface area contributed by atoms with Gasteiger partial charge in [0.2, 0.25) is 0 Å². The Bertz CT molecular complexity index is 589. The highest BCUT2D eigenvalue weighted by Gasteiger charge is 2.08. The van der Waals surface area contributed by atoms with E-state index in [1.807, 2.05) is 0 Å². The maximum Gasteiger partial charge on any atom is 0.275 e. The zero-order chi connectivity index (χ0) is 13.0. The van der Waals surface area contributed by atoms with Gasteiger partial charge in [0.1, 0.15) is 11.4 Å². The third-order valence-corrected chi connectivity index (χ3v) is 2.25. The Morgan fingerprint density at radius 1 is 1.44 bits per heavy atom. The number of para-hydroxylation sites is 1. The Morgan fingerprint density at radius 3 is 2.89 bits per heavy atom. The van der Waals surface area contributed by atoms with E-state index in [0.717, 1.165) is 0 Å². The van der Waals surface area contributed by atoms with Crippen LogP contribution in [0.4, 0.5) is 0 Å². The molecule has 0 fully saturated rings. The van der Waals surface area contributed by atoms with E-state index < -0.39 is 5.91 Å². The highest BCUT2D eigenvalue weighted by Crippen LogP contribution is 2.14. The van der Waals surface area contributed by atoms with Crippen LogP contribution in [0.25, 0.3) is 0 Å². The highest BCUT2D eigenvalue weighted by molar-refractivity contribution is 5.97. The van der Waals surface area contributed by atoms with Gasteiger partial charge in [-0.1, -0.05) is 12.1 Å².